The second kappa shape index (κ2) is 9.16. The summed E-state index contributed by atoms with van der Waals surface area (Å²) in [5.41, 5.74) is 2.57. The predicted molar refractivity (Wildman–Crippen MR) is 65.3 cm³/mol. The monoisotopic (exact) mass is 226 g/mol. The Morgan fingerprint density at radius 2 is 1.88 bits per heavy atom. The minimum Gasteiger partial charge on any atom is -0.460 e. The molecule has 16 heavy (non-hydrogen) atoms. The van der Waals surface area contributed by atoms with Crippen LogP contribution in [0.1, 0.15) is 33.6 Å². The fourth-order valence-electron chi connectivity index (χ4n) is 1.13. The molecule has 0 aromatic carbocycles. The number of rotatable bonds is 7. The molecule has 0 fully saturated rings. The number of carbonyl (C=O) groups excluding carboxylic acids is 1. The molecule has 0 amide bonds. The van der Waals surface area contributed by atoms with Gasteiger partial charge in [-0.15, -0.1) is 0 Å². The SMILES string of the molecule is COCC(=O)OC/C=C(/C)CCC=C(C)C. The maximum Gasteiger partial charge on any atom is 0.332 e. The smallest absolute Gasteiger partial charge is 0.332 e. The molecule has 0 bridgehead atoms. The molecule has 0 aliphatic rings. The van der Waals surface area contributed by atoms with Crippen molar-refractivity contribution in [2.75, 3.05) is 20.3 Å². The van der Waals surface area contributed by atoms with Crippen molar-refractivity contribution in [3.63, 3.8) is 0 Å². The van der Waals surface area contributed by atoms with E-state index in [9.17, 15) is 4.79 Å². The molecule has 0 aliphatic carbocycles. The minimum atomic E-state index is -0.323. The van der Waals surface area contributed by atoms with Gasteiger partial charge >= 0.3 is 5.97 Å². The highest BCUT2D eigenvalue weighted by Gasteiger charge is 1.98. The molecule has 0 radical (unpaired) electrons. The van der Waals surface area contributed by atoms with E-state index in [0.29, 0.717) is 6.61 Å². The predicted octanol–water partition coefficient (Wildman–Crippen LogP) is 2.87. The summed E-state index contributed by atoms with van der Waals surface area (Å²) in [6.07, 6.45) is 6.18. The molecule has 3 nitrogen and oxygen atoms in total. The van der Waals surface area contributed by atoms with Crippen LogP contribution in [-0.2, 0) is 14.3 Å². The van der Waals surface area contributed by atoms with E-state index >= 15 is 0 Å². The van der Waals surface area contributed by atoms with Gasteiger partial charge in [0.05, 0.1) is 0 Å². The fourth-order valence-corrected chi connectivity index (χ4v) is 1.13. The van der Waals surface area contributed by atoms with Crippen molar-refractivity contribution >= 4 is 5.97 Å². The first-order valence-corrected chi connectivity index (χ1v) is 5.49. The molecule has 92 valence electrons. The molecule has 0 saturated heterocycles. The van der Waals surface area contributed by atoms with Gasteiger partial charge in [0.15, 0.2) is 0 Å². The van der Waals surface area contributed by atoms with E-state index in [0.717, 1.165) is 12.8 Å². The molecule has 0 aliphatic heterocycles. The fraction of sp³-hybridized carbons (Fsp3) is 0.615. The minimum absolute atomic E-state index is 0.0185. The quantitative estimate of drug-likeness (QED) is 0.494. The Kier molecular flexibility index (Phi) is 8.53. The molecule has 3 heteroatoms. The maximum atomic E-state index is 10.9. The number of ether oxygens (including phenoxy) is 2. The average molecular weight is 226 g/mol. The van der Waals surface area contributed by atoms with Gasteiger partial charge in [0.1, 0.15) is 13.2 Å². The number of esters is 1. The highest BCUT2D eigenvalue weighted by Crippen LogP contribution is 2.06. The van der Waals surface area contributed by atoms with Gasteiger partial charge in [0, 0.05) is 7.11 Å². The van der Waals surface area contributed by atoms with Crippen molar-refractivity contribution in [1.82, 2.24) is 0 Å². The Morgan fingerprint density at radius 3 is 2.44 bits per heavy atom. The zero-order valence-corrected chi connectivity index (χ0v) is 10.7. The first-order chi connectivity index (χ1) is 7.56. The second-order valence-electron chi connectivity index (χ2n) is 3.99. The summed E-state index contributed by atoms with van der Waals surface area (Å²) in [5.74, 6) is -0.323. The molecular weight excluding hydrogens is 204 g/mol. The summed E-state index contributed by atoms with van der Waals surface area (Å²) in [5, 5.41) is 0. The van der Waals surface area contributed by atoms with Gasteiger partial charge in [-0.3, -0.25) is 0 Å². The number of carbonyl (C=O) groups is 1. The second-order valence-corrected chi connectivity index (χ2v) is 3.99. The zero-order chi connectivity index (χ0) is 12.4. The van der Waals surface area contributed by atoms with Crippen LogP contribution in [0.25, 0.3) is 0 Å². The van der Waals surface area contributed by atoms with Crippen molar-refractivity contribution in [2.45, 2.75) is 33.6 Å². The third-order valence-corrected chi connectivity index (χ3v) is 2.03. The summed E-state index contributed by atoms with van der Waals surface area (Å²) in [4.78, 5) is 10.9. The number of hydrogen-bond acceptors (Lipinski definition) is 3. The van der Waals surface area contributed by atoms with Gasteiger partial charge < -0.3 is 9.47 Å². The molecule has 0 rings (SSSR count). The Labute approximate surface area is 98.1 Å². The molecule has 0 spiro atoms. The van der Waals surface area contributed by atoms with Crippen molar-refractivity contribution < 1.29 is 14.3 Å². The first-order valence-electron chi connectivity index (χ1n) is 5.49. The largest absolute Gasteiger partial charge is 0.460 e. The van der Waals surface area contributed by atoms with Gasteiger partial charge in [0.2, 0.25) is 0 Å². The van der Waals surface area contributed by atoms with Crippen LogP contribution in [0.5, 0.6) is 0 Å². The van der Waals surface area contributed by atoms with E-state index in [4.69, 9.17) is 4.74 Å². The van der Waals surface area contributed by atoms with Crippen LogP contribution in [0.4, 0.5) is 0 Å². The lowest BCUT2D eigenvalue weighted by molar-refractivity contribution is -0.146. The molecule has 0 unspecified atom stereocenters. The number of allylic oxidation sites excluding steroid dienone is 3. The lowest BCUT2D eigenvalue weighted by atomic mass is 10.1. The third kappa shape index (κ3) is 9.46. The Hall–Kier alpha value is -1.09. The molecule has 0 aromatic rings. The van der Waals surface area contributed by atoms with Crippen LogP contribution < -0.4 is 0 Å². The van der Waals surface area contributed by atoms with E-state index in [2.05, 4.69) is 24.7 Å². The summed E-state index contributed by atoms with van der Waals surface area (Å²) in [7, 11) is 1.47. The van der Waals surface area contributed by atoms with E-state index < -0.39 is 0 Å². The lowest BCUT2D eigenvalue weighted by Crippen LogP contribution is -2.11. The Morgan fingerprint density at radius 1 is 1.19 bits per heavy atom. The van der Waals surface area contributed by atoms with Crippen LogP contribution in [0.2, 0.25) is 0 Å². The van der Waals surface area contributed by atoms with Crippen molar-refractivity contribution in [3.05, 3.63) is 23.3 Å². The summed E-state index contributed by atoms with van der Waals surface area (Å²) in [6, 6.07) is 0. The molecule has 0 saturated carbocycles. The molecular formula is C13H22O3. The molecule has 0 heterocycles. The van der Waals surface area contributed by atoms with E-state index in [1.165, 1.54) is 18.3 Å². The molecule has 0 aromatic heterocycles. The highest BCUT2D eigenvalue weighted by atomic mass is 16.6. The normalized spacial score (nSPS) is 11.1. The van der Waals surface area contributed by atoms with Crippen molar-refractivity contribution in [3.8, 4) is 0 Å². The Bertz CT molecular complexity index is 260. The standard InChI is InChI=1S/C13H22O3/c1-11(2)6-5-7-12(3)8-9-16-13(14)10-15-4/h6,8H,5,7,9-10H2,1-4H3/b12-8-. The van der Waals surface area contributed by atoms with Gasteiger partial charge in [-0.05, 0) is 39.7 Å². The van der Waals surface area contributed by atoms with E-state index in [1.807, 2.05) is 13.0 Å². The third-order valence-electron chi connectivity index (χ3n) is 2.03. The van der Waals surface area contributed by atoms with Crippen LogP contribution >= 0.6 is 0 Å². The summed E-state index contributed by atoms with van der Waals surface area (Å²) in [6.45, 7) is 6.58. The van der Waals surface area contributed by atoms with Crippen molar-refractivity contribution in [1.29, 1.82) is 0 Å². The van der Waals surface area contributed by atoms with Crippen LogP contribution in [-0.4, -0.2) is 26.3 Å². The average Bonchev–Trinajstić information content (AvgIpc) is 2.17. The lowest BCUT2D eigenvalue weighted by Gasteiger charge is -2.02. The number of hydrogen-bond donors (Lipinski definition) is 0. The highest BCUT2D eigenvalue weighted by molar-refractivity contribution is 5.70. The van der Waals surface area contributed by atoms with Crippen LogP contribution in [0, 0.1) is 0 Å². The van der Waals surface area contributed by atoms with E-state index in [-0.39, 0.29) is 12.6 Å². The molecule has 0 atom stereocenters. The Balaban J connectivity index is 3.70. The summed E-state index contributed by atoms with van der Waals surface area (Å²) < 4.78 is 9.57. The van der Waals surface area contributed by atoms with Gasteiger partial charge in [0.25, 0.3) is 0 Å². The van der Waals surface area contributed by atoms with Crippen LogP contribution in [0.15, 0.2) is 23.3 Å². The first kappa shape index (κ1) is 14.9. The topological polar surface area (TPSA) is 35.5 Å². The van der Waals surface area contributed by atoms with Gasteiger partial charge in [-0.2, -0.15) is 0 Å². The van der Waals surface area contributed by atoms with Crippen molar-refractivity contribution in [2.24, 2.45) is 0 Å². The van der Waals surface area contributed by atoms with Gasteiger partial charge in [-0.25, -0.2) is 4.79 Å². The summed E-state index contributed by atoms with van der Waals surface area (Å²) >= 11 is 0. The van der Waals surface area contributed by atoms with Crippen LogP contribution in [0.3, 0.4) is 0 Å². The van der Waals surface area contributed by atoms with E-state index in [1.54, 1.807) is 0 Å². The molecule has 0 N–H and O–H groups in total. The maximum absolute atomic E-state index is 10.9. The van der Waals surface area contributed by atoms with Gasteiger partial charge in [-0.1, -0.05) is 17.2 Å². The number of methoxy groups -OCH3 is 1. The zero-order valence-electron chi connectivity index (χ0n) is 10.7.